The standard InChI is InChI=1S/C17H21N7O/c1-11(2)16-19-6-7-24(16)9-13-8-15(23-22-13)17(25)21-12(3)14-4-5-18-10-20-14/h4-8,10-12H,9H2,1-3H3,(H,21,25)(H,22,23)/t12-/m0/s1. The number of nitrogens with zero attached hydrogens (tertiary/aromatic N) is 5. The molecule has 0 aromatic carbocycles. The van der Waals surface area contributed by atoms with Crippen LogP contribution in [-0.4, -0.2) is 35.6 Å². The van der Waals surface area contributed by atoms with Gasteiger partial charge in [0.25, 0.3) is 5.91 Å². The third kappa shape index (κ3) is 3.90. The van der Waals surface area contributed by atoms with Crippen molar-refractivity contribution in [3.05, 3.63) is 60.0 Å². The van der Waals surface area contributed by atoms with E-state index in [-0.39, 0.29) is 11.9 Å². The van der Waals surface area contributed by atoms with Crippen LogP contribution in [0, 0.1) is 0 Å². The number of carbonyl (C=O) groups is 1. The van der Waals surface area contributed by atoms with Gasteiger partial charge in [0, 0.05) is 24.5 Å². The summed E-state index contributed by atoms with van der Waals surface area (Å²) >= 11 is 0. The quantitative estimate of drug-likeness (QED) is 0.716. The number of imidazole rings is 1. The molecule has 0 radical (unpaired) electrons. The predicted molar refractivity (Wildman–Crippen MR) is 91.9 cm³/mol. The van der Waals surface area contributed by atoms with Crippen LogP contribution in [0.2, 0.25) is 0 Å². The molecule has 8 heteroatoms. The summed E-state index contributed by atoms with van der Waals surface area (Å²) in [6.45, 7) is 6.65. The Hall–Kier alpha value is -3.03. The minimum absolute atomic E-state index is 0.225. The van der Waals surface area contributed by atoms with Crippen LogP contribution in [0.25, 0.3) is 0 Å². The van der Waals surface area contributed by atoms with E-state index in [1.54, 1.807) is 24.5 Å². The van der Waals surface area contributed by atoms with Crippen LogP contribution >= 0.6 is 0 Å². The molecule has 0 bridgehead atoms. The van der Waals surface area contributed by atoms with E-state index in [2.05, 4.69) is 44.3 Å². The molecule has 1 atom stereocenters. The monoisotopic (exact) mass is 339 g/mol. The molecule has 0 saturated carbocycles. The van der Waals surface area contributed by atoms with Gasteiger partial charge in [-0.05, 0) is 19.1 Å². The number of aromatic amines is 1. The van der Waals surface area contributed by atoms with Crippen molar-refractivity contribution in [3.63, 3.8) is 0 Å². The van der Waals surface area contributed by atoms with E-state index in [1.807, 2.05) is 17.7 Å². The number of amides is 1. The molecule has 0 fully saturated rings. The van der Waals surface area contributed by atoms with Crippen LogP contribution in [0.5, 0.6) is 0 Å². The van der Waals surface area contributed by atoms with Crippen molar-refractivity contribution in [2.24, 2.45) is 0 Å². The average molecular weight is 339 g/mol. The third-order valence-electron chi connectivity index (χ3n) is 3.86. The zero-order valence-corrected chi connectivity index (χ0v) is 14.5. The molecule has 1 amide bonds. The van der Waals surface area contributed by atoms with Crippen molar-refractivity contribution < 1.29 is 4.79 Å². The first-order valence-electron chi connectivity index (χ1n) is 8.16. The molecule has 25 heavy (non-hydrogen) atoms. The molecule has 3 aromatic heterocycles. The van der Waals surface area contributed by atoms with E-state index in [4.69, 9.17) is 0 Å². The van der Waals surface area contributed by atoms with Gasteiger partial charge in [-0.2, -0.15) is 5.10 Å². The number of rotatable bonds is 6. The van der Waals surface area contributed by atoms with Crippen molar-refractivity contribution in [1.82, 2.24) is 35.0 Å². The first-order valence-corrected chi connectivity index (χ1v) is 8.16. The fourth-order valence-electron chi connectivity index (χ4n) is 2.60. The summed E-state index contributed by atoms with van der Waals surface area (Å²) in [5.74, 6) is 1.08. The summed E-state index contributed by atoms with van der Waals surface area (Å²) in [6, 6.07) is 3.30. The average Bonchev–Trinajstić information content (AvgIpc) is 3.25. The first kappa shape index (κ1) is 16.8. The molecule has 0 unspecified atom stereocenters. The summed E-state index contributed by atoms with van der Waals surface area (Å²) in [4.78, 5) is 24.7. The van der Waals surface area contributed by atoms with Crippen LogP contribution in [0.15, 0.2) is 37.1 Å². The SMILES string of the molecule is CC(C)c1nccn1Cc1cc(C(=O)N[C@@H](C)c2ccncn2)n[nH]1. The summed E-state index contributed by atoms with van der Waals surface area (Å²) in [7, 11) is 0. The number of carbonyl (C=O) groups excluding carboxylic acids is 1. The maximum atomic E-state index is 12.4. The van der Waals surface area contributed by atoms with E-state index < -0.39 is 0 Å². The largest absolute Gasteiger partial charge is 0.343 e. The lowest BCUT2D eigenvalue weighted by molar-refractivity contribution is 0.0934. The van der Waals surface area contributed by atoms with Crippen LogP contribution in [0.1, 0.15) is 60.4 Å². The van der Waals surface area contributed by atoms with Crippen LogP contribution in [0.4, 0.5) is 0 Å². The van der Waals surface area contributed by atoms with Crippen LogP contribution < -0.4 is 5.32 Å². The van der Waals surface area contributed by atoms with Gasteiger partial charge in [-0.1, -0.05) is 13.8 Å². The van der Waals surface area contributed by atoms with E-state index in [0.29, 0.717) is 18.2 Å². The normalized spacial score (nSPS) is 12.3. The molecule has 0 aliphatic rings. The highest BCUT2D eigenvalue weighted by Crippen LogP contribution is 2.14. The second-order valence-electron chi connectivity index (χ2n) is 6.18. The highest BCUT2D eigenvalue weighted by Gasteiger charge is 2.16. The zero-order chi connectivity index (χ0) is 17.8. The van der Waals surface area contributed by atoms with E-state index in [0.717, 1.165) is 17.2 Å². The van der Waals surface area contributed by atoms with Crippen LogP contribution in [-0.2, 0) is 6.54 Å². The fraction of sp³-hybridized carbons (Fsp3) is 0.353. The molecular formula is C17H21N7O. The van der Waals surface area contributed by atoms with Gasteiger partial charge in [-0.3, -0.25) is 9.89 Å². The predicted octanol–water partition coefficient (Wildman–Crippen LogP) is 2.06. The molecule has 2 N–H and O–H groups in total. The topological polar surface area (TPSA) is 101 Å². The Morgan fingerprint density at radius 3 is 2.84 bits per heavy atom. The highest BCUT2D eigenvalue weighted by atomic mass is 16.2. The van der Waals surface area contributed by atoms with Crippen molar-refractivity contribution in [2.45, 2.75) is 39.3 Å². The molecule has 0 aliphatic carbocycles. The van der Waals surface area contributed by atoms with Gasteiger partial charge in [-0.25, -0.2) is 15.0 Å². The molecule has 8 nitrogen and oxygen atoms in total. The first-order chi connectivity index (χ1) is 12.0. The Balaban J connectivity index is 1.66. The number of aromatic nitrogens is 6. The molecule has 130 valence electrons. The smallest absolute Gasteiger partial charge is 0.272 e. The van der Waals surface area contributed by atoms with E-state index in [9.17, 15) is 4.79 Å². The Kier molecular flexibility index (Phi) is 4.87. The molecular weight excluding hydrogens is 318 g/mol. The lowest BCUT2D eigenvalue weighted by Gasteiger charge is -2.11. The van der Waals surface area contributed by atoms with Gasteiger partial charge >= 0.3 is 0 Å². The minimum atomic E-state index is -0.247. The Morgan fingerprint density at radius 2 is 2.12 bits per heavy atom. The second kappa shape index (κ2) is 7.25. The van der Waals surface area contributed by atoms with Gasteiger partial charge in [0.2, 0.25) is 0 Å². The summed E-state index contributed by atoms with van der Waals surface area (Å²) < 4.78 is 2.05. The Bertz CT molecular complexity index is 838. The van der Waals surface area contributed by atoms with Crippen molar-refractivity contribution in [3.8, 4) is 0 Å². The van der Waals surface area contributed by atoms with Gasteiger partial charge in [-0.15, -0.1) is 0 Å². The minimum Gasteiger partial charge on any atom is -0.343 e. The zero-order valence-electron chi connectivity index (χ0n) is 14.5. The van der Waals surface area contributed by atoms with E-state index >= 15 is 0 Å². The second-order valence-corrected chi connectivity index (χ2v) is 6.18. The summed E-state index contributed by atoms with van der Waals surface area (Å²) in [5, 5.41) is 9.92. The molecule has 3 rings (SSSR count). The van der Waals surface area contributed by atoms with Crippen molar-refractivity contribution in [2.75, 3.05) is 0 Å². The number of hydrogen-bond acceptors (Lipinski definition) is 5. The summed E-state index contributed by atoms with van der Waals surface area (Å²) in [6.07, 6.45) is 6.81. The number of H-pyrrole nitrogens is 1. The van der Waals surface area contributed by atoms with Gasteiger partial charge in [0.05, 0.1) is 24.0 Å². The highest BCUT2D eigenvalue weighted by molar-refractivity contribution is 5.92. The third-order valence-corrected chi connectivity index (χ3v) is 3.86. The molecule has 3 aromatic rings. The fourth-order valence-corrected chi connectivity index (χ4v) is 2.60. The van der Waals surface area contributed by atoms with Gasteiger partial charge < -0.3 is 9.88 Å². The number of hydrogen-bond donors (Lipinski definition) is 2. The summed E-state index contributed by atoms with van der Waals surface area (Å²) in [5.41, 5.74) is 1.95. The maximum Gasteiger partial charge on any atom is 0.272 e. The van der Waals surface area contributed by atoms with E-state index in [1.165, 1.54) is 6.33 Å². The molecule has 0 spiro atoms. The van der Waals surface area contributed by atoms with Crippen molar-refractivity contribution >= 4 is 5.91 Å². The van der Waals surface area contributed by atoms with Crippen LogP contribution in [0.3, 0.4) is 0 Å². The molecule has 3 heterocycles. The lowest BCUT2D eigenvalue weighted by atomic mass is 10.2. The Morgan fingerprint density at radius 1 is 1.28 bits per heavy atom. The van der Waals surface area contributed by atoms with Gasteiger partial charge in [0.15, 0.2) is 0 Å². The van der Waals surface area contributed by atoms with Gasteiger partial charge in [0.1, 0.15) is 17.8 Å². The molecule has 0 saturated heterocycles. The number of nitrogens with one attached hydrogen (secondary N) is 2. The maximum absolute atomic E-state index is 12.4. The lowest BCUT2D eigenvalue weighted by Crippen LogP contribution is -2.27. The van der Waals surface area contributed by atoms with Crippen molar-refractivity contribution in [1.29, 1.82) is 0 Å². The Labute approximate surface area is 145 Å². The molecule has 0 aliphatic heterocycles.